The van der Waals surface area contributed by atoms with Crippen molar-refractivity contribution in [3.8, 4) is 0 Å². The molecule has 0 amide bonds. The summed E-state index contributed by atoms with van der Waals surface area (Å²) in [5, 5.41) is 12.1. The number of esters is 1. The van der Waals surface area contributed by atoms with Crippen molar-refractivity contribution in [1.29, 1.82) is 0 Å². The highest BCUT2D eigenvalue weighted by Gasteiger charge is 2.29. The number of rotatable bonds is 4. The minimum absolute atomic E-state index is 0.206. The monoisotopic (exact) mass is 199 g/mol. The smallest absolute Gasteiger partial charge is 0.323 e. The normalized spacial score (nSPS) is 31.8. The van der Waals surface area contributed by atoms with Gasteiger partial charge in [0.1, 0.15) is 6.04 Å². The molecule has 1 aliphatic carbocycles. The van der Waals surface area contributed by atoms with Crippen LogP contribution >= 0.6 is 0 Å². The Morgan fingerprint density at radius 3 is 2.86 bits per heavy atom. The summed E-state index contributed by atoms with van der Waals surface area (Å²) in [5.74, 6) is 0.590. The summed E-state index contributed by atoms with van der Waals surface area (Å²) in [6, 6.07) is -0.288. The lowest BCUT2D eigenvalue weighted by Gasteiger charge is -2.09. The van der Waals surface area contributed by atoms with Crippen molar-refractivity contribution in [2.75, 3.05) is 13.2 Å². The Morgan fingerprint density at radius 1 is 1.50 bits per heavy atom. The fourth-order valence-corrected chi connectivity index (χ4v) is 1.73. The molecule has 2 aliphatic rings. The minimum atomic E-state index is -0.393. The van der Waals surface area contributed by atoms with E-state index in [9.17, 15) is 9.90 Å². The van der Waals surface area contributed by atoms with Crippen LogP contribution in [-0.4, -0.2) is 36.4 Å². The van der Waals surface area contributed by atoms with Crippen LogP contribution in [0.1, 0.15) is 25.7 Å². The molecular formula is C10H17NO3. The maximum Gasteiger partial charge on any atom is 0.323 e. The zero-order valence-electron chi connectivity index (χ0n) is 8.24. The van der Waals surface area contributed by atoms with E-state index in [1.54, 1.807) is 0 Å². The van der Waals surface area contributed by atoms with Crippen molar-refractivity contribution in [3.05, 3.63) is 0 Å². The summed E-state index contributed by atoms with van der Waals surface area (Å²) in [6.45, 7) is 1.04. The van der Waals surface area contributed by atoms with E-state index in [1.165, 1.54) is 12.8 Å². The molecular weight excluding hydrogens is 182 g/mol. The van der Waals surface area contributed by atoms with Gasteiger partial charge in [-0.3, -0.25) is 4.79 Å². The number of β-amino-alcohol motifs (C(OH)–C–C–N with tert-alkyl or cyclic N) is 1. The second-order valence-corrected chi connectivity index (χ2v) is 4.25. The summed E-state index contributed by atoms with van der Waals surface area (Å²) >= 11 is 0. The molecule has 14 heavy (non-hydrogen) atoms. The lowest BCUT2D eigenvalue weighted by atomic mass is 10.2. The van der Waals surface area contributed by atoms with Gasteiger partial charge in [0, 0.05) is 13.0 Å². The average molecular weight is 199 g/mol. The number of carbonyl (C=O) groups is 1. The Bertz CT molecular complexity index is 215. The van der Waals surface area contributed by atoms with E-state index < -0.39 is 6.10 Å². The molecule has 80 valence electrons. The summed E-state index contributed by atoms with van der Waals surface area (Å²) in [5.41, 5.74) is 0. The number of aliphatic hydroxyl groups excluding tert-OH is 1. The maximum atomic E-state index is 11.4. The quantitative estimate of drug-likeness (QED) is 0.628. The molecule has 1 unspecified atom stereocenters. The van der Waals surface area contributed by atoms with Crippen molar-refractivity contribution >= 4 is 5.97 Å². The van der Waals surface area contributed by atoms with Gasteiger partial charge in [-0.2, -0.15) is 0 Å². The standard InChI is InChI=1S/C10H17NO3/c12-8-5-9(11-6-8)10(13)14-4-3-7-1-2-7/h7-9,11-12H,1-6H2/t8?,9-/m0/s1. The SMILES string of the molecule is O=C(OCCC1CC1)[C@@H]1CC(O)CN1. The first-order chi connectivity index (χ1) is 6.75. The summed E-state index contributed by atoms with van der Waals surface area (Å²) < 4.78 is 5.11. The van der Waals surface area contributed by atoms with E-state index >= 15 is 0 Å². The van der Waals surface area contributed by atoms with Gasteiger partial charge in [0.25, 0.3) is 0 Å². The molecule has 2 N–H and O–H groups in total. The number of aliphatic hydroxyl groups is 1. The Hall–Kier alpha value is -0.610. The molecule has 1 heterocycles. The average Bonchev–Trinajstić information content (AvgIpc) is 2.87. The maximum absolute atomic E-state index is 11.4. The van der Waals surface area contributed by atoms with Gasteiger partial charge in [-0.15, -0.1) is 0 Å². The highest BCUT2D eigenvalue weighted by molar-refractivity contribution is 5.76. The van der Waals surface area contributed by atoms with Crippen molar-refractivity contribution in [2.45, 2.75) is 37.8 Å². The van der Waals surface area contributed by atoms with Crippen molar-refractivity contribution in [1.82, 2.24) is 5.32 Å². The predicted octanol–water partition coefficient (Wildman–Crippen LogP) is 0.0525. The van der Waals surface area contributed by atoms with Gasteiger partial charge >= 0.3 is 5.97 Å². The first kappa shape index (κ1) is 9.93. The van der Waals surface area contributed by atoms with Gasteiger partial charge < -0.3 is 15.2 Å². The molecule has 2 atom stereocenters. The summed E-state index contributed by atoms with van der Waals surface area (Å²) in [6.07, 6.45) is 3.68. The van der Waals surface area contributed by atoms with Crippen molar-refractivity contribution in [2.24, 2.45) is 5.92 Å². The summed E-state index contributed by atoms with van der Waals surface area (Å²) in [7, 11) is 0. The molecule has 0 bridgehead atoms. The number of nitrogens with one attached hydrogen (secondary N) is 1. The largest absolute Gasteiger partial charge is 0.465 e. The fourth-order valence-electron chi connectivity index (χ4n) is 1.73. The highest BCUT2D eigenvalue weighted by atomic mass is 16.5. The van der Waals surface area contributed by atoms with Crippen LogP contribution in [0, 0.1) is 5.92 Å². The topological polar surface area (TPSA) is 58.6 Å². The van der Waals surface area contributed by atoms with E-state index in [2.05, 4.69) is 5.32 Å². The zero-order chi connectivity index (χ0) is 9.97. The van der Waals surface area contributed by atoms with E-state index in [4.69, 9.17) is 4.74 Å². The third-order valence-corrected chi connectivity index (χ3v) is 2.86. The second-order valence-electron chi connectivity index (χ2n) is 4.25. The highest BCUT2D eigenvalue weighted by Crippen LogP contribution is 2.32. The Kier molecular flexibility index (Phi) is 3.03. The summed E-state index contributed by atoms with van der Waals surface area (Å²) in [4.78, 5) is 11.4. The fraction of sp³-hybridized carbons (Fsp3) is 0.900. The molecule has 1 saturated carbocycles. The van der Waals surface area contributed by atoms with Crippen LogP contribution < -0.4 is 5.32 Å². The van der Waals surface area contributed by atoms with E-state index in [0.717, 1.165) is 12.3 Å². The van der Waals surface area contributed by atoms with Gasteiger partial charge in [0.15, 0.2) is 0 Å². The van der Waals surface area contributed by atoms with Gasteiger partial charge in [-0.05, 0) is 12.3 Å². The molecule has 0 aromatic heterocycles. The van der Waals surface area contributed by atoms with Crippen LogP contribution in [0.25, 0.3) is 0 Å². The molecule has 1 saturated heterocycles. The van der Waals surface area contributed by atoms with Gasteiger partial charge in [0.2, 0.25) is 0 Å². The van der Waals surface area contributed by atoms with E-state index in [1.807, 2.05) is 0 Å². The van der Waals surface area contributed by atoms with E-state index in [0.29, 0.717) is 19.6 Å². The van der Waals surface area contributed by atoms with Crippen molar-refractivity contribution in [3.63, 3.8) is 0 Å². The molecule has 0 aromatic carbocycles. The lowest BCUT2D eigenvalue weighted by molar-refractivity contribution is -0.146. The second kappa shape index (κ2) is 4.28. The van der Waals surface area contributed by atoms with Gasteiger partial charge in [0.05, 0.1) is 12.7 Å². The van der Waals surface area contributed by atoms with Crippen LogP contribution in [-0.2, 0) is 9.53 Å². The molecule has 1 aliphatic heterocycles. The molecule has 4 nitrogen and oxygen atoms in total. The van der Waals surface area contributed by atoms with Gasteiger partial charge in [-0.25, -0.2) is 0 Å². The van der Waals surface area contributed by atoms with Crippen LogP contribution in [0.4, 0.5) is 0 Å². The number of hydrogen-bond acceptors (Lipinski definition) is 4. The van der Waals surface area contributed by atoms with E-state index in [-0.39, 0.29) is 12.0 Å². The third kappa shape index (κ3) is 2.69. The Morgan fingerprint density at radius 2 is 2.29 bits per heavy atom. The van der Waals surface area contributed by atoms with Crippen LogP contribution in [0.5, 0.6) is 0 Å². The first-order valence-electron chi connectivity index (χ1n) is 5.34. The lowest BCUT2D eigenvalue weighted by Crippen LogP contribution is -2.32. The molecule has 2 rings (SSSR count). The molecule has 0 spiro atoms. The number of hydrogen-bond donors (Lipinski definition) is 2. The number of ether oxygens (including phenoxy) is 1. The van der Waals surface area contributed by atoms with Gasteiger partial charge in [-0.1, -0.05) is 12.8 Å². The minimum Gasteiger partial charge on any atom is -0.465 e. The predicted molar refractivity (Wildman–Crippen MR) is 50.7 cm³/mol. The number of carbonyl (C=O) groups excluding carboxylic acids is 1. The molecule has 2 fully saturated rings. The van der Waals surface area contributed by atoms with Crippen LogP contribution in [0.15, 0.2) is 0 Å². The van der Waals surface area contributed by atoms with Crippen molar-refractivity contribution < 1.29 is 14.6 Å². The molecule has 4 heteroatoms. The Labute approximate surface area is 83.6 Å². The molecule has 0 aromatic rings. The van der Waals surface area contributed by atoms with Crippen LogP contribution in [0.3, 0.4) is 0 Å². The first-order valence-corrected chi connectivity index (χ1v) is 5.34. The molecule has 0 radical (unpaired) electrons. The van der Waals surface area contributed by atoms with Crippen LogP contribution in [0.2, 0.25) is 0 Å². The zero-order valence-corrected chi connectivity index (χ0v) is 8.24. The third-order valence-electron chi connectivity index (χ3n) is 2.86. The Balaban J connectivity index is 1.61.